The summed E-state index contributed by atoms with van der Waals surface area (Å²) in [6, 6.07) is 13.9. The summed E-state index contributed by atoms with van der Waals surface area (Å²) in [7, 11) is 3.26. The Morgan fingerprint density at radius 1 is 1.04 bits per heavy atom. The van der Waals surface area contributed by atoms with Crippen LogP contribution < -0.4 is 14.4 Å². The number of quaternary nitrogens is 1. The highest BCUT2D eigenvalue weighted by Gasteiger charge is 2.12. The second kappa shape index (κ2) is 9.37. The van der Waals surface area contributed by atoms with E-state index in [1.807, 2.05) is 42.6 Å². The van der Waals surface area contributed by atoms with Crippen molar-refractivity contribution < 1.29 is 14.4 Å². The van der Waals surface area contributed by atoms with E-state index in [9.17, 15) is 0 Å². The average molecular weight is 382 g/mol. The van der Waals surface area contributed by atoms with Gasteiger partial charge in [0, 0.05) is 6.21 Å². The van der Waals surface area contributed by atoms with E-state index in [4.69, 9.17) is 19.5 Å². The number of fused-ring (bicyclic) bond motifs is 1. The summed E-state index contributed by atoms with van der Waals surface area (Å²) in [6.07, 6.45) is 1.82. The van der Waals surface area contributed by atoms with Gasteiger partial charge in [0.2, 0.25) is 5.95 Å². The Hall–Kier alpha value is -2.86. The monoisotopic (exact) mass is 381 g/mol. The van der Waals surface area contributed by atoms with Crippen LogP contribution in [0.3, 0.4) is 0 Å². The van der Waals surface area contributed by atoms with Gasteiger partial charge >= 0.3 is 0 Å². The van der Waals surface area contributed by atoms with Crippen molar-refractivity contribution in [1.82, 2.24) is 9.55 Å². The van der Waals surface area contributed by atoms with Crippen molar-refractivity contribution >= 4 is 23.2 Å². The van der Waals surface area contributed by atoms with Crippen LogP contribution in [-0.2, 0) is 6.54 Å². The van der Waals surface area contributed by atoms with Crippen LogP contribution in [0.4, 0.5) is 5.95 Å². The van der Waals surface area contributed by atoms with Crippen molar-refractivity contribution in [3.8, 4) is 11.5 Å². The first-order valence-corrected chi connectivity index (χ1v) is 9.75. The molecule has 1 aromatic heterocycles. The molecule has 0 atom stereocenters. The van der Waals surface area contributed by atoms with Crippen LogP contribution in [0, 0.1) is 0 Å². The van der Waals surface area contributed by atoms with Crippen LogP contribution in [0.1, 0.15) is 19.4 Å². The number of nitrogens with one attached hydrogen (secondary N) is 1. The average Bonchev–Trinajstić information content (AvgIpc) is 3.10. The molecule has 6 heteroatoms. The fourth-order valence-electron chi connectivity index (χ4n) is 3.32. The Balaban J connectivity index is 1.91. The number of hydrogen-bond acceptors (Lipinski definition) is 4. The van der Waals surface area contributed by atoms with Crippen molar-refractivity contribution in [1.29, 1.82) is 0 Å². The number of rotatable bonds is 9. The fraction of sp³-hybridized carbons (Fsp3) is 0.364. The van der Waals surface area contributed by atoms with Crippen LogP contribution in [0.25, 0.3) is 11.0 Å². The maximum atomic E-state index is 5.38. The molecule has 0 radical (unpaired) electrons. The molecule has 0 aliphatic rings. The van der Waals surface area contributed by atoms with E-state index >= 15 is 0 Å². The third-order valence-corrected chi connectivity index (χ3v) is 5.06. The molecule has 0 spiro atoms. The molecular weight excluding hydrogens is 352 g/mol. The Morgan fingerprint density at radius 3 is 2.50 bits per heavy atom. The zero-order valence-electron chi connectivity index (χ0n) is 17.1. The van der Waals surface area contributed by atoms with Gasteiger partial charge in [-0.1, -0.05) is 12.1 Å². The second-order valence-corrected chi connectivity index (χ2v) is 6.63. The van der Waals surface area contributed by atoms with Crippen LogP contribution in [0.15, 0.2) is 47.5 Å². The number of benzene rings is 2. The van der Waals surface area contributed by atoms with Gasteiger partial charge in [-0.15, -0.1) is 0 Å². The van der Waals surface area contributed by atoms with E-state index in [0.29, 0.717) is 11.5 Å². The van der Waals surface area contributed by atoms with E-state index in [1.165, 1.54) is 0 Å². The minimum atomic E-state index is 0.685. The normalized spacial score (nSPS) is 11.6. The lowest BCUT2D eigenvalue weighted by atomic mass is 10.2. The van der Waals surface area contributed by atoms with Crippen molar-refractivity contribution in [2.45, 2.75) is 20.4 Å². The highest BCUT2D eigenvalue weighted by atomic mass is 16.5. The first-order valence-electron chi connectivity index (χ1n) is 9.75. The highest BCUT2D eigenvalue weighted by molar-refractivity contribution is 5.84. The predicted molar refractivity (Wildman–Crippen MR) is 113 cm³/mol. The zero-order valence-corrected chi connectivity index (χ0v) is 17.1. The van der Waals surface area contributed by atoms with Gasteiger partial charge in [-0.3, -0.25) is 0 Å². The molecule has 1 N–H and O–H groups in total. The van der Waals surface area contributed by atoms with Crippen LogP contribution in [-0.4, -0.2) is 49.6 Å². The molecule has 0 fully saturated rings. The molecule has 0 bridgehead atoms. The molecule has 2 aromatic carbocycles. The smallest absolute Gasteiger partial charge is 0.230 e. The third-order valence-electron chi connectivity index (χ3n) is 5.06. The summed E-state index contributed by atoms with van der Waals surface area (Å²) in [6.45, 7) is 8.62. The quantitative estimate of drug-likeness (QED) is 0.580. The lowest BCUT2D eigenvalue weighted by Gasteiger charge is -2.16. The maximum absolute atomic E-state index is 5.38. The van der Waals surface area contributed by atoms with Crippen molar-refractivity contribution in [3.63, 3.8) is 0 Å². The number of aliphatic imine (C=N–C) groups is 1. The summed E-state index contributed by atoms with van der Waals surface area (Å²) in [4.78, 5) is 11.0. The van der Waals surface area contributed by atoms with E-state index < -0.39 is 0 Å². The van der Waals surface area contributed by atoms with E-state index in [0.717, 1.165) is 48.7 Å². The summed E-state index contributed by atoms with van der Waals surface area (Å²) >= 11 is 0. The van der Waals surface area contributed by atoms with E-state index in [2.05, 4.69) is 24.5 Å². The molecule has 3 rings (SSSR count). The lowest BCUT2D eigenvalue weighted by Crippen LogP contribution is -3.11. The molecule has 0 saturated heterocycles. The van der Waals surface area contributed by atoms with Gasteiger partial charge in [-0.25, -0.2) is 9.98 Å². The van der Waals surface area contributed by atoms with Crippen molar-refractivity contribution in [3.05, 3.63) is 48.0 Å². The number of aromatic nitrogens is 2. The zero-order chi connectivity index (χ0) is 19.9. The number of ether oxygens (including phenoxy) is 2. The van der Waals surface area contributed by atoms with E-state index in [-0.39, 0.29) is 0 Å². The molecule has 0 unspecified atom stereocenters. The fourth-order valence-corrected chi connectivity index (χ4v) is 3.32. The van der Waals surface area contributed by atoms with E-state index in [1.54, 1.807) is 19.1 Å². The van der Waals surface area contributed by atoms with Crippen LogP contribution in [0.2, 0.25) is 0 Å². The van der Waals surface area contributed by atoms with Gasteiger partial charge in [-0.05, 0) is 49.7 Å². The molecule has 1 heterocycles. The van der Waals surface area contributed by atoms with Gasteiger partial charge in [0.25, 0.3) is 0 Å². The number of likely N-dealkylation sites (N-methyl/N-ethyl adjacent to an activating group) is 1. The molecule has 0 aliphatic heterocycles. The second-order valence-electron chi connectivity index (χ2n) is 6.63. The minimum Gasteiger partial charge on any atom is -0.493 e. The Labute approximate surface area is 166 Å². The number of methoxy groups -OCH3 is 2. The maximum Gasteiger partial charge on any atom is 0.230 e. The molecule has 148 valence electrons. The van der Waals surface area contributed by atoms with Gasteiger partial charge in [0.05, 0.1) is 51.4 Å². The summed E-state index contributed by atoms with van der Waals surface area (Å²) in [5.41, 5.74) is 3.02. The summed E-state index contributed by atoms with van der Waals surface area (Å²) in [5.74, 6) is 2.11. The predicted octanol–water partition coefficient (Wildman–Crippen LogP) is 2.73. The Bertz CT molecular complexity index is 945. The Kier molecular flexibility index (Phi) is 6.66. The molecule has 3 aromatic rings. The molecule has 6 nitrogen and oxygen atoms in total. The summed E-state index contributed by atoms with van der Waals surface area (Å²) < 4.78 is 12.9. The third kappa shape index (κ3) is 4.34. The molecule has 0 saturated carbocycles. The number of imidazole rings is 1. The van der Waals surface area contributed by atoms with Gasteiger partial charge < -0.3 is 18.9 Å². The molecule has 0 amide bonds. The highest BCUT2D eigenvalue weighted by Crippen LogP contribution is 2.27. The minimum absolute atomic E-state index is 0.685. The standard InChI is InChI=1S/C22H28N4O2/c1-5-25(6-2)13-14-26-19-10-8-7-9-18(19)24-22(26)23-16-17-11-12-20(27-3)21(15-17)28-4/h7-12,15-16H,5-6,13-14H2,1-4H3/p+1. The number of para-hydroxylation sites is 2. The van der Waals surface area contributed by atoms with Gasteiger partial charge in [-0.2, -0.15) is 0 Å². The van der Waals surface area contributed by atoms with Gasteiger partial charge in [0.15, 0.2) is 11.5 Å². The molecule has 0 aliphatic carbocycles. The molecular formula is C22H29N4O2+. The van der Waals surface area contributed by atoms with Crippen LogP contribution in [0.5, 0.6) is 11.5 Å². The lowest BCUT2D eigenvalue weighted by molar-refractivity contribution is -0.897. The largest absolute Gasteiger partial charge is 0.493 e. The van der Waals surface area contributed by atoms with Crippen LogP contribution >= 0.6 is 0 Å². The van der Waals surface area contributed by atoms with Crippen molar-refractivity contribution in [2.75, 3.05) is 33.9 Å². The topological polar surface area (TPSA) is 53.1 Å². The number of nitrogens with zero attached hydrogens (tertiary/aromatic N) is 3. The first-order chi connectivity index (χ1) is 13.7. The Morgan fingerprint density at radius 2 is 1.79 bits per heavy atom. The molecule has 28 heavy (non-hydrogen) atoms. The van der Waals surface area contributed by atoms with Crippen molar-refractivity contribution in [2.24, 2.45) is 4.99 Å². The number of hydrogen-bond donors (Lipinski definition) is 1. The van der Waals surface area contributed by atoms with Gasteiger partial charge in [0.1, 0.15) is 0 Å². The summed E-state index contributed by atoms with van der Waals surface area (Å²) in [5, 5.41) is 0. The SMILES string of the molecule is CC[NH+](CC)CCn1c(N=Cc2ccc(OC)c(OC)c2)nc2ccccc21. The first kappa shape index (κ1) is 19.9.